The molecule has 0 radical (unpaired) electrons. The van der Waals surface area contributed by atoms with Crippen molar-refractivity contribution >= 4 is 17.7 Å². The van der Waals surface area contributed by atoms with Gasteiger partial charge >= 0.3 is 0 Å². The third-order valence-corrected chi connectivity index (χ3v) is 5.73. The van der Waals surface area contributed by atoms with Crippen molar-refractivity contribution in [2.45, 2.75) is 56.7 Å². The van der Waals surface area contributed by atoms with Crippen LogP contribution in [0.15, 0.2) is 24.3 Å². The van der Waals surface area contributed by atoms with Crippen molar-refractivity contribution in [1.82, 2.24) is 9.80 Å². The molecule has 132 valence electrons. The van der Waals surface area contributed by atoms with E-state index in [0.717, 1.165) is 18.6 Å². The number of benzene rings is 1. The number of fused-ring (bicyclic) bond motifs is 2. The van der Waals surface area contributed by atoms with Gasteiger partial charge in [-0.25, -0.2) is 0 Å². The quantitative estimate of drug-likeness (QED) is 0.788. The first-order chi connectivity index (χ1) is 12.1. The van der Waals surface area contributed by atoms with E-state index in [1.54, 1.807) is 31.4 Å². The van der Waals surface area contributed by atoms with Crippen LogP contribution in [0.25, 0.3) is 0 Å². The molecule has 3 fully saturated rings. The molecule has 1 aromatic carbocycles. The molecule has 3 heterocycles. The Hall–Kier alpha value is -2.37. The summed E-state index contributed by atoms with van der Waals surface area (Å²) in [4.78, 5) is 40.5. The third kappa shape index (κ3) is 2.69. The van der Waals surface area contributed by atoms with E-state index in [9.17, 15) is 14.4 Å². The summed E-state index contributed by atoms with van der Waals surface area (Å²) in [6.45, 7) is 0. The number of hydrogen-bond acceptors (Lipinski definition) is 4. The van der Waals surface area contributed by atoms with Crippen LogP contribution in [0.3, 0.4) is 0 Å². The van der Waals surface area contributed by atoms with Crippen molar-refractivity contribution in [1.29, 1.82) is 0 Å². The van der Waals surface area contributed by atoms with Crippen molar-refractivity contribution in [3.63, 3.8) is 0 Å². The van der Waals surface area contributed by atoms with Gasteiger partial charge in [0, 0.05) is 36.5 Å². The van der Waals surface area contributed by atoms with Gasteiger partial charge in [0.25, 0.3) is 5.91 Å². The minimum atomic E-state index is -0.0515. The van der Waals surface area contributed by atoms with E-state index >= 15 is 0 Å². The zero-order valence-corrected chi connectivity index (χ0v) is 14.3. The Morgan fingerprint density at radius 3 is 2.04 bits per heavy atom. The highest BCUT2D eigenvalue weighted by atomic mass is 16.5. The molecule has 0 aromatic heterocycles. The summed E-state index contributed by atoms with van der Waals surface area (Å²) in [6, 6.07) is 7.35. The lowest BCUT2D eigenvalue weighted by atomic mass is 9.95. The Balaban J connectivity index is 1.51. The first kappa shape index (κ1) is 16.1. The highest BCUT2D eigenvalue weighted by Crippen LogP contribution is 2.39. The van der Waals surface area contributed by atoms with E-state index in [0.29, 0.717) is 31.2 Å². The summed E-state index contributed by atoms with van der Waals surface area (Å²) < 4.78 is 5.15. The molecule has 1 aromatic rings. The normalized spacial score (nSPS) is 28.6. The number of piperidine rings is 1. The molecular formula is C19H22N2O4. The minimum Gasteiger partial charge on any atom is -0.497 e. The number of methoxy groups -OCH3 is 1. The summed E-state index contributed by atoms with van der Waals surface area (Å²) in [5, 5.41) is 0. The average Bonchev–Trinajstić information content (AvgIpc) is 3.10. The number of carbonyl (C=O) groups excluding carboxylic acids is 3. The second-order valence-corrected chi connectivity index (χ2v) is 7.11. The van der Waals surface area contributed by atoms with Crippen LogP contribution in [0.4, 0.5) is 0 Å². The molecule has 3 aliphatic rings. The summed E-state index contributed by atoms with van der Waals surface area (Å²) in [5.74, 6) is 0.658. The molecule has 3 aliphatic heterocycles. The lowest BCUT2D eigenvalue weighted by Gasteiger charge is -2.41. The summed E-state index contributed by atoms with van der Waals surface area (Å²) in [7, 11) is 1.60. The Morgan fingerprint density at radius 1 is 0.960 bits per heavy atom. The number of likely N-dealkylation sites (tertiary alicyclic amines) is 1. The number of amides is 3. The number of imide groups is 1. The van der Waals surface area contributed by atoms with Gasteiger partial charge in [0.2, 0.25) is 11.8 Å². The number of carbonyl (C=O) groups is 3. The van der Waals surface area contributed by atoms with E-state index in [-0.39, 0.29) is 35.8 Å². The standard InChI is InChI=1S/C19H22N2O4/c1-25-16-6-2-12(3-7-16)19(24)20-13-4-5-14(20)11-15(10-13)21-17(22)8-9-18(21)23/h2-3,6-7,13-15H,4-5,8-11H2,1H3. The maximum Gasteiger partial charge on any atom is 0.254 e. The first-order valence-electron chi connectivity index (χ1n) is 8.90. The fraction of sp³-hybridized carbons (Fsp3) is 0.526. The Morgan fingerprint density at radius 2 is 1.52 bits per heavy atom. The van der Waals surface area contributed by atoms with Crippen LogP contribution >= 0.6 is 0 Å². The van der Waals surface area contributed by atoms with Crippen LogP contribution in [0, 0.1) is 0 Å². The fourth-order valence-corrected chi connectivity index (χ4v) is 4.57. The van der Waals surface area contributed by atoms with Gasteiger partial charge in [-0.05, 0) is 49.9 Å². The van der Waals surface area contributed by atoms with Gasteiger partial charge in [0.15, 0.2) is 0 Å². The molecular weight excluding hydrogens is 320 g/mol. The van der Waals surface area contributed by atoms with Gasteiger partial charge in [0.05, 0.1) is 7.11 Å². The largest absolute Gasteiger partial charge is 0.497 e. The fourth-order valence-electron chi connectivity index (χ4n) is 4.57. The molecule has 2 unspecified atom stereocenters. The molecule has 0 N–H and O–H groups in total. The highest BCUT2D eigenvalue weighted by Gasteiger charge is 2.47. The average molecular weight is 342 g/mol. The Kier molecular flexibility index (Phi) is 3.98. The molecule has 3 amide bonds. The van der Waals surface area contributed by atoms with E-state index in [1.165, 1.54) is 4.90 Å². The summed E-state index contributed by atoms with van der Waals surface area (Å²) in [5.41, 5.74) is 0.657. The molecule has 6 nitrogen and oxygen atoms in total. The van der Waals surface area contributed by atoms with Gasteiger partial charge in [-0.1, -0.05) is 0 Å². The Bertz CT molecular complexity index is 685. The van der Waals surface area contributed by atoms with Crippen LogP contribution in [0.1, 0.15) is 48.9 Å². The number of ether oxygens (including phenoxy) is 1. The zero-order chi connectivity index (χ0) is 17.6. The highest BCUT2D eigenvalue weighted by molar-refractivity contribution is 6.02. The monoisotopic (exact) mass is 342 g/mol. The molecule has 6 heteroatoms. The minimum absolute atomic E-state index is 0.0349. The molecule has 0 saturated carbocycles. The smallest absolute Gasteiger partial charge is 0.254 e. The van der Waals surface area contributed by atoms with Crippen molar-refractivity contribution in [3.8, 4) is 5.75 Å². The van der Waals surface area contributed by atoms with Gasteiger partial charge in [-0.3, -0.25) is 19.3 Å². The van der Waals surface area contributed by atoms with Crippen molar-refractivity contribution in [3.05, 3.63) is 29.8 Å². The van der Waals surface area contributed by atoms with E-state index in [1.807, 2.05) is 4.90 Å². The van der Waals surface area contributed by atoms with Crippen molar-refractivity contribution < 1.29 is 19.1 Å². The lowest BCUT2D eigenvalue weighted by molar-refractivity contribution is -0.142. The maximum atomic E-state index is 13.0. The lowest BCUT2D eigenvalue weighted by Crippen LogP contribution is -2.53. The SMILES string of the molecule is COc1ccc(C(=O)N2C3CCC2CC(N2C(=O)CCC2=O)C3)cc1. The van der Waals surface area contributed by atoms with Gasteiger partial charge in [0.1, 0.15) is 5.75 Å². The van der Waals surface area contributed by atoms with E-state index in [2.05, 4.69) is 0 Å². The number of hydrogen-bond donors (Lipinski definition) is 0. The molecule has 2 bridgehead atoms. The predicted molar refractivity (Wildman–Crippen MR) is 90.1 cm³/mol. The van der Waals surface area contributed by atoms with E-state index < -0.39 is 0 Å². The van der Waals surface area contributed by atoms with E-state index in [4.69, 9.17) is 4.74 Å². The number of rotatable bonds is 3. The zero-order valence-electron chi connectivity index (χ0n) is 14.3. The van der Waals surface area contributed by atoms with Crippen LogP contribution in [0.2, 0.25) is 0 Å². The molecule has 2 atom stereocenters. The maximum absolute atomic E-state index is 13.0. The molecule has 25 heavy (non-hydrogen) atoms. The second-order valence-electron chi connectivity index (χ2n) is 7.11. The predicted octanol–water partition coefficient (Wildman–Crippen LogP) is 1.98. The van der Waals surface area contributed by atoms with Crippen molar-refractivity contribution in [2.75, 3.05) is 7.11 Å². The van der Waals surface area contributed by atoms with Gasteiger partial charge in [-0.2, -0.15) is 0 Å². The molecule has 0 spiro atoms. The summed E-state index contributed by atoms with van der Waals surface area (Å²) in [6.07, 6.45) is 3.96. The second kappa shape index (κ2) is 6.17. The Labute approximate surface area is 146 Å². The van der Waals surface area contributed by atoms with Crippen LogP contribution in [0.5, 0.6) is 5.75 Å². The van der Waals surface area contributed by atoms with Gasteiger partial charge in [-0.15, -0.1) is 0 Å². The molecule has 0 aliphatic carbocycles. The van der Waals surface area contributed by atoms with Crippen LogP contribution in [-0.2, 0) is 9.59 Å². The topological polar surface area (TPSA) is 66.9 Å². The first-order valence-corrected chi connectivity index (χ1v) is 8.90. The third-order valence-electron chi connectivity index (χ3n) is 5.73. The number of nitrogens with zero attached hydrogens (tertiary/aromatic N) is 2. The van der Waals surface area contributed by atoms with Crippen LogP contribution < -0.4 is 4.74 Å². The molecule has 3 saturated heterocycles. The van der Waals surface area contributed by atoms with Gasteiger partial charge < -0.3 is 9.64 Å². The van der Waals surface area contributed by atoms with Crippen molar-refractivity contribution in [2.24, 2.45) is 0 Å². The molecule has 4 rings (SSSR count). The summed E-state index contributed by atoms with van der Waals surface area (Å²) >= 11 is 0. The van der Waals surface area contributed by atoms with Crippen LogP contribution in [-0.4, -0.2) is 52.8 Å².